The van der Waals surface area contributed by atoms with Crippen LogP contribution < -0.4 is 0 Å². The quantitative estimate of drug-likeness (QED) is 0.690. The molecule has 0 fully saturated rings. The van der Waals surface area contributed by atoms with Gasteiger partial charge in [-0.1, -0.05) is 15.9 Å². The van der Waals surface area contributed by atoms with Crippen molar-refractivity contribution in [2.75, 3.05) is 7.11 Å². The summed E-state index contributed by atoms with van der Waals surface area (Å²) >= 11 is 3.39. The van der Waals surface area contributed by atoms with Crippen LogP contribution in [-0.2, 0) is 9.47 Å². The van der Waals surface area contributed by atoms with E-state index in [0.717, 1.165) is 15.8 Å². The normalized spacial score (nSPS) is 17.7. The van der Waals surface area contributed by atoms with Crippen LogP contribution in [0.15, 0.2) is 33.9 Å². The Morgan fingerprint density at radius 3 is 2.58 bits per heavy atom. The summed E-state index contributed by atoms with van der Waals surface area (Å²) in [5.41, 5.74) is 0.970. The third-order valence-corrected chi connectivity index (χ3v) is 1.91. The van der Waals surface area contributed by atoms with Crippen molar-refractivity contribution in [2.45, 2.75) is 13.8 Å². The first-order valence-corrected chi connectivity index (χ1v) is 4.41. The standard InChI is InChI=1S/C9H11BrO2/c1-6-4-8(10)5-7(2)12-9(6)11-3/h4-5H,1-3H3. The van der Waals surface area contributed by atoms with Crippen LogP contribution in [0, 0.1) is 0 Å². The highest BCUT2D eigenvalue weighted by Gasteiger charge is 2.07. The predicted octanol–water partition coefficient (Wildman–Crippen LogP) is 3.08. The number of allylic oxidation sites excluding steroid dienone is 5. The Labute approximate surface area is 80.7 Å². The van der Waals surface area contributed by atoms with Gasteiger partial charge in [0.2, 0.25) is 0 Å². The van der Waals surface area contributed by atoms with Crippen LogP contribution in [-0.4, -0.2) is 7.11 Å². The number of rotatable bonds is 1. The molecule has 0 aromatic carbocycles. The largest absolute Gasteiger partial charge is 0.468 e. The Hall–Kier alpha value is -0.700. The zero-order chi connectivity index (χ0) is 9.14. The van der Waals surface area contributed by atoms with Gasteiger partial charge in [0.15, 0.2) is 0 Å². The molecule has 0 aromatic heterocycles. The minimum atomic E-state index is 0.554. The fourth-order valence-electron chi connectivity index (χ4n) is 0.960. The van der Waals surface area contributed by atoms with Crippen LogP contribution in [0.2, 0.25) is 0 Å². The van der Waals surface area contributed by atoms with Crippen molar-refractivity contribution in [1.82, 2.24) is 0 Å². The third-order valence-electron chi connectivity index (χ3n) is 1.46. The van der Waals surface area contributed by atoms with E-state index >= 15 is 0 Å². The molecular weight excluding hydrogens is 220 g/mol. The minimum absolute atomic E-state index is 0.554. The molecule has 66 valence electrons. The van der Waals surface area contributed by atoms with E-state index in [1.54, 1.807) is 7.11 Å². The van der Waals surface area contributed by atoms with E-state index in [9.17, 15) is 0 Å². The highest BCUT2D eigenvalue weighted by molar-refractivity contribution is 9.11. The molecule has 0 N–H and O–H groups in total. The smallest absolute Gasteiger partial charge is 0.287 e. The monoisotopic (exact) mass is 230 g/mol. The maximum Gasteiger partial charge on any atom is 0.287 e. The molecule has 0 radical (unpaired) electrons. The minimum Gasteiger partial charge on any atom is -0.468 e. The second kappa shape index (κ2) is 3.81. The van der Waals surface area contributed by atoms with Gasteiger partial charge < -0.3 is 9.47 Å². The number of ether oxygens (including phenoxy) is 2. The molecule has 1 rings (SSSR count). The molecule has 0 unspecified atom stereocenters. The summed E-state index contributed by atoms with van der Waals surface area (Å²) in [5.74, 6) is 1.37. The first-order valence-electron chi connectivity index (χ1n) is 3.61. The van der Waals surface area contributed by atoms with Crippen LogP contribution >= 0.6 is 15.9 Å². The lowest BCUT2D eigenvalue weighted by molar-refractivity contribution is 0.102. The summed E-state index contributed by atoms with van der Waals surface area (Å²) in [4.78, 5) is 0. The molecule has 12 heavy (non-hydrogen) atoms. The van der Waals surface area contributed by atoms with Crippen molar-refractivity contribution in [2.24, 2.45) is 0 Å². The van der Waals surface area contributed by atoms with Crippen molar-refractivity contribution in [3.05, 3.63) is 33.9 Å². The van der Waals surface area contributed by atoms with Gasteiger partial charge in [0.25, 0.3) is 5.95 Å². The molecule has 0 saturated carbocycles. The molecule has 1 heterocycles. The first-order chi connectivity index (χ1) is 5.63. The van der Waals surface area contributed by atoms with Crippen molar-refractivity contribution in [1.29, 1.82) is 0 Å². The lowest BCUT2D eigenvalue weighted by Crippen LogP contribution is -1.94. The topological polar surface area (TPSA) is 18.5 Å². The lowest BCUT2D eigenvalue weighted by atomic mass is 10.3. The number of hydrogen-bond acceptors (Lipinski definition) is 2. The molecule has 0 amide bonds. The summed E-state index contributed by atoms with van der Waals surface area (Å²) in [6.07, 6.45) is 3.85. The second-order valence-corrected chi connectivity index (χ2v) is 3.48. The molecule has 0 aliphatic carbocycles. The Morgan fingerprint density at radius 2 is 2.00 bits per heavy atom. The highest BCUT2D eigenvalue weighted by atomic mass is 79.9. The zero-order valence-electron chi connectivity index (χ0n) is 7.35. The Morgan fingerprint density at radius 1 is 1.33 bits per heavy atom. The second-order valence-electron chi connectivity index (χ2n) is 2.56. The van der Waals surface area contributed by atoms with E-state index < -0.39 is 0 Å². The maximum absolute atomic E-state index is 5.38. The molecule has 1 aliphatic heterocycles. The molecule has 0 aromatic rings. The molecule has 0 bridgehead atoms. The van der Waals surface area contributed by atoms with Crippen molar-refractivity contribution in [3.8, 4) is 0 Å². The van der Waals surface area contributed by atoms with Crippen LogP contribution in [0.1, 0.15) is 13.8 Å². The van der Waals surface area contributed by atoms with E-state index in [-0.39, 0.29) is 0 Å². The Kier molecular flexibility index (Phi) is 2.98. The lowest BCUT2D eigenvalue weighted by Gasteiger charge is -2.07. The van der Waals surface area contributed by atoms with Crippen molar-refractivity contribution in [3.63, 3.8) is 0 Å². The van der Waals surface area contributed by atoms with Gasteiger partial charge in [-0.3, -0.25) is 0 Å². The Balaban J connectivity index is 3.02. The van der Waals surface area contributed by atoms with Gasteiger partial charge in [-0.2, -0.15) is 0 Å². The molecular formula is C9H11BrO2. The first kappa shape index (κ1) is 9.39. The van der Waals surface area contributed by atoms with Gasteiger partial charge >= 0.3 is 0 Å². The van der Waals surface area contributed by atoms with Gasteiger partial charge in [0.1, 0.15) is 5.76 Å². The van der Waals surface area contributed by atoms with Gasteiger partial charge in [-0.15, -0.1) is 0 Å². The summed E-state index contributed by atoms with van der Waals surface area (Å²) in [6, 6.07) is 0. The molecule has 0 spiro atoms. The predicted molar refractivity (Wildman–Crippen MR) is 51.6 cm³/mol. The summed E-state index contributed by atoms with van der Waals surface area (Å²) in [5, 5.41) is 0. The van der Waals surface area contributed by atoms with E-state index in [2.05, 4.69) is 15.9 Å². The van der Waals surface area contributed by atoms with Crippen molar-refractivity contribution >= 4 is 15.9 Å². The highest BCUT2D eigenvalue weighted by Crippen LogP contribution is 2.22. The fourth-order valence-corrected chi connectivity index (χ4v) is 1.63. The SMILES string of the molecule is COC1=C(C)C=C(Br)C=C(C)O1. The molecule has 0 saturated heterocycles. The van der Waals surface area contributed by atoms with Crippen LogP contribution in [0.25, 0.3) is 0 Å². The molecule has 1 aliphatic rings. The van der Waals surface area contributed by atoms with E-state index in [1.165, 1.54) is 0 Å². The molecule has 0 atom stereocenters. The maximum atomic E-state index is 5.38. The van der Waals surface area contributed by atoms with Crippen LogP contribution in [0.3, 0.4) is 0 Å². The third kappa shape index (κ3) is 2.14. The number of hydrogen-bond donors (Lipinski definition) is 0. The molecule has 3 heteroatoms. The summed E-state index contributed by atoms with van der Waals surface area (Å²) in [6.45, 7) is 3.82. The van der Waals surface area contributed by atoms with Crippen molar-refractivity contribution < 1.29 is 9.47 Å². The van der Waals surface area contributed by atoms with E-state index in [1.807, 2.05) is 26.0 Å². The zero-order valence-corrected chi connectivity index (χ0v) is 8.94. The van der Waals surface area contributed by atoms with Gasteiger partial charge in [-0.05, 0) is 26.0 Å². The van der Waals surface area contributed by atoms with Crippen LogP contribution in [0.4, 0.5) is 0 Å². The number of methoxy groups -OCH3 is 1. The van der Waals surface area contributed by atoms with Crippen LogP contribution in [0.5, 0.6) is 0 Å². The van der Waals surface area contributed by atoms with Gasteiger partial charge in [0, 0.05) is 10.1 Å². The summed E-state index contributed by atoms with van der Waals surface area (Å²) in [7, 11) is 1.60. The van der Waals surface area contributed by atoms with E-state index in [4.69, 9.17) is 9.47 Å². The fraction of sp³-hybridized carbons (Fsp3) is 0.333. The average Bonchev–Trinajstić information content (AvgIpc) is 2.09. The van der Waals surface area contributed by atoms with Gasteiger partial charge in [0.05, 0.1) is 7.11 Å². The van der Waals surface area contributed by atoms with Gasteiger partial charge in [-0.25, -0.2) is 0 Å². The van der Waals surface area contributed by atoms with E-state index in [0.29, 0.717) is 5.95 Å². The Bertz CT molecular complexity index is 274. The summed E-state index contributed by atoms with van der Waals surface area (Å²) < 4.78 is 11.4. The molecule has 2 nitrogen and oxygen atoms in total. The number of halogens is 1. The average molecular weight is 231 g/mol.